The van der Waals surface area contributed by atoms with Crippen LogP contribution in [0, 0.1) is 0 Å². The summed E-state index contributed by atoms with van der Waals surface area (Å²) >= 11 is 0. The van der Waals surface area contributed by atoms with Gasteiger partial charge in [0.15, 0.2) is 5.44 Å². The molecule has 0 N–H and O–H groups in total. The maximum Gasteiger partial charge on any atom is 0.261 e. The SMILES string of the molecule is CC(C)(C)[Si](OC[C@@H]1OC1S(=O)(=O)c1ccccc1)(c1ccccc1)c1ccccc1. The van der Waals surface area contributed by atoms with Crippen LogP contribution in [-0.2, 0) is 19.0 Å². The first kappa shape index (κ1) is 22.0. The summed E-state index contributed by atoms with van der Waals surface area (Å²) in [5.74, 6) is 0. The number of epoxide rings is 1. The molecule has 1 aliphatic rings. The van der Waals surface area contributed by atoms with Gasteiger partial charge in [-0.25, -0.2) is 8.42 Å². The normalized spacial score (nSPS) is 19.2. The van der Waals surface area contributed by atoms with Crippen LogP contribution in [0.15, 0.2) is 95.9 Å². The number of rotatable bonds is 7. The molecule has 1 saturated heterocycles. The van der Waals surface area contributed by atoms with Gasteiger partial charge in [0.25, 0.3) is 8.32 Å². The van der Waals surface area contributed by atoms with E-state index in [9.17, 15) is 8.42 Å². The number of hydrogen-bond donors (Lipinski definition) is 0. The quantitative estimate of drug-likeness (QED) is 0.405. The number of hydrogen-bond acceptors (Lipinski definition) is 4. The molecular formula is C25H28O4SSi. The molecule has 0 saturated carbocycles. The molecular weight excluding hydrogens is 424 g/mol. The van der Waals surface area contributed by atoms with E-state index in [1.807, 2.05) is 36.4 Å². The Bertz CT molecular complexity index is 1070. The molecule has 0 spiro atoms. The molecule has 6 heteroatoms. The van der Waals surface area contributed by atoms with E-state index in [4.69, 9.17) is 9.16 Å². The van der Waals surface area contributed by atoms with E-state index in [1.165, 1.54) is 0 Å². The molecule has 1 heterocycles. The highest BCUT2D eigenvalue weighted by atomic mass is 32.2. The molecule has 4 nitrogen and oxygen atoms in total. The molecule has 3 aromatic rings. The molecule has 2 atom stereocenters. The fraction of sp³-hybridized carbons (Fsp3) is 0.280. The highest BCUT2D eigenvalue weighted by Crippen LogP contribution is 2.39. The van der Waals surface area contributed by atoms with Crippen LogP contribution in [0.5, 0.6) is 0 Å². The zero-order valence-corrected chi connectivity index (χ0v) is 19.9. The van der Waals surface area contributed by atoms with Crippen molar-refractivity contribution in [1.29, 1.82) is 0 Å². The second-order valence-corrected chi connectivity index (χ2v) is 15.2. The van der Waals surface area contributed by atoms with Crippen LogP contribution in [0.25, 0.3) is 0 Å². The van der Waals surface area contributed by atoms with E-state index < -0.39 is 29.7 Å². The Kier molecular flexibility index (Phi) is 5.92. The van der Waals surface area contributed by atoms with Gasteiger partial charge < -0.3 is 9.16 Å². The molecule has 0 aliphatic carbocycles. The molecule has 1 aliphatic heterocycles. The topological polar surface area (TPSA) is 55.9 Å². The molecule has 0 bridgehead atoms. The monoisotopic (exact) mass is 452 g/mol. The lowest BCUT2D eigenvalue weighted by Crippen LogP contribution is -2.66. The summed E-state index contributed by atoms with van der Waals surface area (Å²) in [6.45, 7) is 6.84. The van der Waals surface area contributed by atoms with Crippen LogP contribution in [0.3, 0.4) is 0 Å². The van der Waals surface area contributed by atoms with Crippen molar-refractivity contribution in [1.82, 2.24) is 0 Å². The number of sulfone groups is 1. The third-order valence-electron chi connectivity index (χ3n) is 5.79. The lowest BCUT2D eigenvalue weighted by molar-refractivity contribution is 0.249. The van der Waals surface area contributed by atoms with Gasteiger partial charge in [-0.15, -0.1) is 0 Å². The molecule has 4 rings (SSSR count). The van der Waals surface area contributed by atoms with Gasteiger partial charge in [0.2, 0.25) is 9.84 Å². The van der Waals surface area contributed by atoms with Crippen LogP contribution >= 0.6 is 0 Å². The first-order chi connectivity index (χ1) is 14.8. The molecule has 0 amide bonds. The largest absolute Gasteiger partial charge is 0.405 e. The molecule has 0 aromatic heterocycles. The molecule has 162 valence electrons. The van der Waals surface area contributed by atoms with Gasteiger partial charge in [0.05, 0.1) is 11.5 Å². The second kappa shape index (κ2) is 8.35. The Hall–Kier alpha value is -2.25. The zero-order chi connectivity index (χ0) is 22.1. The summed E-state index contributed by atoms with van der Waals surface area (Å²) in [7, 11) is -6.25. The van der Waals surface area contributed by atoms with Crippen LogP contribution in [-0.4, -0.2) is 34.9 Å². The third kappa shape index (κ3) is 4.13. The fourth-order valence-corrected chi connectivity index (χ4v) is 10.4. The standard InChI is InChI=1S/C25H28O4SSi/c1-25(2,3)31(21-15-9-5-10-16-21,22-17-11-6-12-18-22)28-19-23-24(29-23)30(26,27)20-13-7-4-8-14-20/h4-18,23-24H,19H2,1-3H3/t23-,24?/m0/s1. The Morgan fingerprint density at radius 2 is 1.26 bits per heavy atom. The fourth-order valence-electron chi connectivity index (χ4n) is 4.23. The smallest absolute Gasteiger partial charge is 0.261 e. The summed E-state index contributed by atoms with van der Waals surface area (Å²) in [5.41, 5.74) is -0.854. The Morgan fingerprint density at radius 1 is 0.806 bits per heavy atom. The number of ether oxygens (including phenoxy) is 1. The highest BCUT2D eigenvalue weighted by Gasteiger charge is 2.55. The van der Waals surface area contributed by atoms with Crippen LogP contribution in [0.4, 0.5) is 0 Å². The van der Waals surface area contributed by atoms with E-state index >= 15 is 0 Å². The number of benzene rings is 3. The summed E-state index contributed by atoms with van der Waals surface area (Å²) in [4.78, 5) is 0.285. The van der Waals surface area contributed by atoms with E-state index in [2.05, 4.69) is 45.0 Å². The summed E-state index contributed by atoms with van der Waals surface area (Å²) < 4.78 is 38.2. The molecule has 3 aromatic carbocycles. The average molecular weight is 453 g/mol. The Balaban J connectivity index is 1.64. The summed E-state index contributed by atoms with van der Waals surface area (Å²) in [5, 5.41) is 2.16. The Labute approximate surface area is 185 Å². The van der Waals surface area contributed by atoms with Crippen molar-refractivity contribution < 1.29 is 17.6 Å². The van der Waals surface area contributed by atoms with Crippen molar-refractivity contribution in [3.05, 3.63) is 91.0 Å². The first-order valence-corrected chi connectivity index (χ1v) is 13.9. The van der Waals surface area contributed by atoms with Gasteiger partial charge >= 0.3 is 0 Å². The van der Waals surface area contributed by atoms with Gasteiger partial charge in [-0.2, -0.15) is 0 Å². The van der Waals surface area contributed by atoms with Crippen LogP contribution in [0.1, 0.15) is 20.8 Å². The lowest BCUT2D eigenvalue weighted by Gasteiger charge is -2.43. The van der Waals surface area contributed by atoms with Crippen molar-refractivity contribution in [2.75, 3.05) is 6.61 Å². The molecule has 1 fully saturated rings. The minimum atomic E-state index is -3.53. The van der Waals surface area contributed by atoms with Gasteiger partial charge in [-0.1, -0.05) is 99.6 Å². The lowest BCUT2D eigenvalue weighted by atomic mass is 10.2. The Morgan fingerprint density at radius 3 is 1.71 bits per heavy atom. The van der Waals surface area contributed by atoms with Crippen molar-refractivity contribution in [2.24, 2.45) is 0 Å². The van der Waals surface area contributed by atoms with Crippen LogP contribution < -0.4 is 10.4 Å². The minimum absolute atomic E-state index is 0.168. The van der Waals surface area contributed by atoms with Crippen molar-refractivity contribution in [2.45, 2.75) is 42.2 Å². The molecule has 1 unspecified atom stereocenters. The van der Waals surface area contributed by atoms with Gasteiger partial charge in [0, 0.05) is 0 Å². The first-order valence-electron chi connectivity index (χ1n) is 10.5. The van der Waals surface area contributed by atoms with E-state index in [0.29, 0.717) is 0 Å². The van der Waals surface area contributed by atoms with E-state index in [0.717, 1.165) is 10.4 Å². The van der Waals surface area contributed by atoms with E-state index in [-0.39, 0.29) is 16.5 Å². The molecule has 0 radical (unpaired) electrons. The predicted molar refractivity (Wildman–Crippen MR) is 126 cm³/mol. The minimum Gasteiger partial charge on any atom is -0.405 e. The maximum atomic E-state index is 12.9. The predicted octanol–water partition coefficient (Wildman–Crippen LogP) is 3.76. The average Bonchev–Trinajstić information content (AvgIpc) is 3.56. The second-order valence-electron chi connectivity index (χ2n) is 8.88. The summed E-state index contributed by atoms with van der Waals surface area (Å²) in [6, 6.07) is 29.1. The van der Waals surface area contributed by atoms with Gasteiger partial charge in [0.1, 0.15) is 6.10 Å². The van der Waals surface area contributed by atoms with Crippen molar-refractivity contribution in [3.63, 3.8) is 0 Å². The van der Waals surface area contributed by atoms with E-state index in [1.54, 1.807) is 30.3 Å². The van der Waals surface area contributed by atoms with Gasteiger partial charge in [-0.3, -0.25) is 0 Å². The van der Waals surface area contributed by atoms with Crippen molar-refractivity contribution >= 4 is 28.5 Å². The highest BCUT2D eigenvalue weighted by molar-refractivity contribution is 7.92. The van der Waals surface area contributed by atoms with Crippen molar-refractivity contribution in [3.8, 4) is 0 Å². The maximum absolute atomic E-state index is 12.9. The zero-order valence-electron chi connectivity index (χ0n) is 18.1. The third-order valence-corrected chi connectivity index (χ3v) is 12.8. The molecule has 31 heavy (non-hydrogen) atoms. The van der Waals surface area contributed by atoms with Gasteiger partial charge in [-0.05, 0) is 27.5 Å². The summed E-state index contributed by atoms with van der Waals surface area (Å²) in [6.07, 6.45) is -0.466. The van der Waals surface area contributed by atoms with Crippen LogP contribution in [0.2, 0.25) is 5.04 Å².